The highest BCUT2D eigenvalue weighted by Crippen LogP contribution is 2.37. The average Bonchev–Trinajstić information content (AvgIpc) is 2.80. The molecule has 0 bridgehead atoms. The number of aromatic carboxylic acids is 1. The summed E-state index contributed by atoms with van der Waals surface area (Å²) in [6, 6.07) is 7.47. The molecule has 2 rings (SSSR count). The van der Waals surface area contributed by atoms with Crippen LogP contribution in [0.1, 0.15) is 15.2 Å². The number of thiophene rings is 1. The van der Waals surface area contributed by atoms with Crippen molar-refractivity contribution in [3.8, 4) is 10.8 Å². The van der Waals surface area contributed by atoms with Crippen LogP contribution in [0.15, 0.2) is 30.3 Å². The van der Waals surface area contributed by atoms with Crippen molar-refractivity contribution in [1.82, 2.24) is 0 Å². The Balaban J connectivity index is 2.37. The van der Waals surface area contributed by atoms with Crippen molar-refractivity contribution in [3.63, 3.8) is 0 Å². The number of carbonyl (C=O) groups is 1. The summed E-state index contributed by atoms with van der Waals surface area (Å²) < 4.78 is 5.45. The molecule has 0 radical (unpaired) electrons. The van der Waals surface area contributed by atoms with E-state index in [1.807, 2.05) is 0 Å². The van der Waals surface area contributed by atoms with Gasteiger partial charge < -0.3 is 9.84 Å². The fourth-order valence-electron chi connectivity index (χ4n) is 1.50. The summed E-state index contributed by atoms with van der Waals surface area (Å²) in [7, 11) is 0. The van der Waals surface area contributed by atoms with Crippen molar-refractivity contribution in [2.75, 3.05) is 0 Å². The van der Waals surface area contributed by atoms with Crippen LogP contribution in [0.3, 0.4) is 0 Å². The van der Waals surface area contributed by atoms with E-state index >= 15 is 0 Å². The van der Waals surface area contributed by atoms with Crippen LogP contribution >= 0.6 is 11.3 Å². The largest absolute Gasteiger partial charge is 0.477 e. The standard InChI is InChI=1S/C12H9NO5S/c1-7-3-2-4-8(13(16)17)11(7)18-10-6-5-9(19-10)12(14)15/h2-6H,1H3,(H,14,15). The number of hydrogen-bond donors (Lipinski definition) is 1. The molecule has 0 saturated heterocycles. The summed E-state index contributed by atoms with van der Waals surface area (Å²) in [5.74, 6) is -0.926. The van der Waals surface area contributed by atoms with Gasteiger partial charge in [-0.15, -0.1) is 0 Å². The summed E-state index contributed by atoms with van der Waals surface area (Å²) >= 11 is 0.921. The zero-order valence-electron chi connectivity index (χ0n) is 9.82. The Labute approximate surface area is 112 Å². The molecule has 7 heteroatoms. The molecule has 98 valence electrons. The van der Waals surface area contributed by atoms with Crippen LogP contribution in [0.2, 0.25) is 0 Å². The second-order valence-corrected chi connectivity index (χ2v) is 4.75. The molecule has 1 heterocycles. The molecule has 0 unspecified atom stereocenters. The SMILES string of the molecule is Cc1cccc([N+](=O)[O-])c1Oc1ccc(C(=O)O)s1. The Kier molecular flexibility index (Phi) is 3.48. The molecule has 0 aliphatic carbocycles. The summed E-state index contributed by atoms with van der Waals surface area (Å²) in [6.45, 7) is 1.69. The number of carboxylic acid groups (broad SMARTS) is 1. The number of carboxylic acids is 1. The lowest BCUT2D eigenvalue weighted by Gasteiger charge is -2.06. The van der Waals surface area contributed by atoms with E-state index in [1.54, 1.807) is 19.1 Å². The lowest BCUT2D eigenvalue weighted by atomic mass is 10.2. The molecular formula is C12H9NO5S. The minimum absolute atomic E-state index is 0.117. The third kappa shape index (κ3) is 2.71. The van der Waals surface area contributed by atoms with Gasteiger partial charge in [0.05, 0.1) is 4.92 Å². The van der Waals surface area contributed by atoms with Gasteiger partial charge in [-0.05, 0) is 24.6 Å². The first-order valence-corrected chi connectivity index (χ1v) is 6.05. The van der Waals surface area contributed by atoms with Crippen LogP contribution in [0.25, 0.3) is 0 Å². The second-order valence-electron chi connectivity index (χ2n) is 3.71. The van der Waals surface area contributed by atoms with E-state index in [0.29, 0.717) is 10.6 Å². The van der Waals surface area contributed by atoms with E-state index in [0.717, 1.165) is 11.3 Å². The molecule has 0 spiro atoms. The maximum Gasteiger partial charge on any atom is 0.345 e. The number of nitro benzene ring substituents is 1. The Morgan fingerprint density at radius 1 is 1.37 bits per heavy atom. The predicted octanol–water partition coefficient (Wildman–Crippen LogP) is 3.46. The number of hydrogen-bond acceptors (Lipinski definition) is 5. The van der Waals surface area contributed by atoms with Crippen molar-refractivity contribution in [2.24, 2.45) is 0 Å². The van der Waals surface area contributed by atoms with Crippen LogP contribution in [-0.4, -0.2) is 16.0 Å². The molecule has 2 aromatic rings. The third-order valence-electron chi connectivity index (χ3n) is 2.38. The maximum atomic E-state index is 10.9. The Morgan fingerprint density at radius 2 is 2.11 bits per heavy atom. The van der Waals surface area contributed by atoms with Gasteiger partial charge in [0.25, 0.3) is 0 Å². The summed E-state index contributed by atoms with van der Waals surface area (Å²) in [5.41, 5.74) is 0.463. The number of nitrogens with zero attached hydrogens (tertiary/aromatic N) is 1. The molecule has 0 fully saturated rings. The highest BCUT2D eigenvalue weighted by Gasteiger charge is 2.19. The van der Waals surface area contributed by atoms with Gasteiger partial charge in [-0.2, -0.15) is 0 Å². The Hall–Kier alpha value is -2.41. The minimum Gasteiger partial charge on any atom is -0.477 e. The van der Waals surface area contributed by atoms with Gasteiger partial charge >= 0.3 is 11.7 Å². The van der Waals surface area contributed by atoms with E-state index in [4.69, 9.17) is 9.84 Å². The van der Waals surface area contributed by atoms with Crippen LogP contribution in [-0.2, 0) is 0 Å². The average molecular weight is 279 g/mol. The summed E-state index contributed by atoms with van der Waals surface area (Å²) in [6.07, 6.45) is 0. The molecule has 0 aliphatic heterocycles. The van der Waals surface area contributed by atoms with Crippen molar-refractivity contribution in [3.05, 3.63) is 50.9 Å². The number of aryl methyl sites for hydroxylation is 1. The Morgan fingerprint density at radius 3 is 2.68 bits per heavy atom. The molecule has 6 nitrogen and oxygen atoms in total. The quantitative estimate of drug-likeness (QED) is 0.683. The Bertz CT molecular complexity index is 649. The van der Waals surface area contributed by atoms with Gasteiger partial charge in [0.1, 0.15) is 4.88 Å². The highest BCUT2D eigenvalue weighted by molar-refractivity contribution is 7.15. The normalized spacial score (nSPS) is 10.2. The van der Waals surface area contributed by atoms with Crippen molar-refractivity contribution in [2.45, 2.75) is 6.92 Å². The van der Waals surface area contributed by atoms with Crippen LogP contribution in [0.5, 0.6) is 10.8 Å². The first-order chi connectivity index (χ1) is 8.99. The predicted molar refractivity (Wildman–Crippen MR) is 69.2 cm³/mol. The van der Waals surface area contributed by atoms with Crippen LogP contribution < -0.4 is 4.74 Å². The molecular weight excluding hydrogens is 270 g/mol. The summed E-state index contributed by atoms with van der Waals surface area (Å²) in [4.78, 5) is 21.3. The van der Waals surface area contributed by atoms with Crippen molar-refractivity contribution < 1.29 is 19.6 Å². The number of ether oxygens (including phenoxy) is 1. The van der Waals surface area contributed by atoms with Gasteiger partial charge in [-0.3, -0.25) is 10.1 Å². The number of para-hydroxylation sites is 1. The number of nitro groups is 1. The van der Waals surface area contributed by atoms with E-state index in [9.17, 15) is 14.9 Å². The first-order valence-electron chi connectivity index (χ1n) is 5.24. The highest BCUT2D eigenvalue weighted by atomic mass is 32.1. The molecule has 19 heavy (non-hydrogen) atoms. The first kappa shape index (κ1) is 13.0. The van der Waals surface area contributed by atoms with E-state index in [2.05, 4.69) is 0 Å². The van der Waals surface area contributed by atoms with Crippen molar-refractivity contribution >= 4 is 23.0 Å². The zero-order valence-corrected chi connectivity index (χ0v) is 10.6. The smallest absolute Gasteiger partial charge is 0.345 e. The molecule has 0 saturated carbocycles. The fraction of sp³-hybridized carbons (Fsp3) is 0.0833. The maximum absolute atomic E-state index is 10.9. The number of rotatable bonds is 4. The molecule has 1 aromatic heterocycles. The molecule has 0 atom stereocenters. The van der Waals surface area contributed by atoms with Crippen molar-refractivity contribution in [1.29, 1.82) is 0 Å². The van der Waals surface area contributed by atoms with Gasteiger partial charge in [0.2, 0.25) is 5.75 Å². The lowest BCUT2D eigenvalue weighted by Crippen LogP contribution is -1.94. The topological polar surface area (TPSA) is 89.7 Å². The molecule has 1 aromatic carbocycles. The molecule has 1 N–H and O–H groups in total. The second kappa shape index (κ2) is 5.07. The van der Waals surface area contributed by atoms with Crippen LogP contribution in [0, 0.1) is 17.0 Å². The van der Waals surface area contributed by atoms with E-state index in [-0.39, 0.29) is 16.3 Å². The lowest BCUT2D eigenvalue weighted by molar-refractivity contribution is -0.385. The third-order valence-corrected chi connectivity index (χ3v) is 3.33. The summed E-state index contributed by atoms with van der Waals surface area (Å²) in [5, 5.41) is 20.0. The van der Waals surface area contributed by atoms with Gasteiger partial charge in [0.15, 0.2) is 5.06 Å². The zero-order chi connectivity index (χ0) is 14.0. The van der Waals surface area contributed by atoms with Crippen LogP contribution in [0.4, 0.5) is 5.69 Å². The van der Waals surface area contributed by atoms with Gasteiger partial charge in [0, 0.05) is 6.07 Å². The van der Waals surface area contributed by atoms with Gasteiger partial charge in [-0.1, -0.05) is 23.5 Å². The van der Waals surface area contributed by atoms with Gasteiger partial charge in [-0.25, -0.2) is 4.79 Å². The van der Waals surface area contributed by atoms with E-state index in [1.165, 1.54) is 18.2 Å². The van der Waals surface area contributed by atoms with E-state index < -0.39 is 10.9 Å². The monoisotopic (exact) mass is 279 g/mol. The number of benzene rings is 1. The molecule has 0 aliphatic rings. The molecule has 0 amide bonds. The minimum atomic E-state index is -1.06. The fourth-order valence-corrected chi connectivity index (χ4v) is 2.21.